The van der Waals surface area contributed by atoms with Gasteiger partial charge < -0.3 is 16.2 Å². The molecule has 1 aromatic heterocycles. The zero-order valence-corrected chi connectivity index (χ0v) is 11.2. The Morgan fingerprint density at radius 1 is 1.30 bits per heavy atom. The summed E-state index contributed by atoms with van der Waals surface area (Å²) in [5.41, 5.74) is 6.06. The highest BCUT2D eigenvalue weighted by atomic mass is 16.4. The minimum atomic E-state index is -0.770. The van der Waals surface area contributed by atoms with Gasteiger partial charge in [0, 0.05) is 17.9 Å². The molecule has 1 aliphatic carbocycles. The number of rotatable bonds is 4. The van der Waals surface area contributed by atoms with Crippen molar-refractivity contribution in [1.82, 2.24) is 4.98 Å². The number of nitrogens with two attached hydrogens (primary N) is 1. The summed E-state index contributed by atoms with van der Waals surface area (Å²) in [4.78, 5) is 26.3. The van der Waals surface area contributed by atoms with Crippen LogP contribution < -0.4 is 11.1 Å². The Morgan fingerprint density at radius 3 is 2.75 bits per heavy atom. The van der Waals surface area contributed by atoms with Crippen molar-refractivity contribution in [2.75, 3.05) is 5.32 Å². The van der Waals surface area contributed by atoms with Gasteiger partial charge in [0.15, 0.2) is 0 Å². The lowest BCUT2D eigenvalue weighted by Gasteiger charge is -2.24. The van der Waals surface area contributed by atoms with Crippen LogP contribution in [-0.4, -0.2) is 28.0 Å². The van der Waals surface area contributed by atoms with Crippen LogP contribution in [0.5, 0.6) is 0 Å². The molecule has 0 aliphatic heterocycles. The first-order chi connectivity index (χ1) is 9.58. The maximum absolute atomic E-state index is 11.4. The zero-order chi connectivity index (χ0) is 14.5. The first kappa shape index (κ1) is 14.3. The third kappa shape index (κ3) is 3.46. The van der Waals surface area contributed by atoms with Gasteiger partial charge in [-0.15, -0.1) is 0 Å². The summed E-state index contributed by atoms with van der Waals surface area (Å²) >= 11 is 0. The van der Waals surface area contributed by atoms with Crippen LogP contribution in [-0.2, 0) is 4.79 Å². The molecule has 6 nitrogen and oxygen atoms in total. The average Bonchev–Trinajstić information content (AvgIpc) is 2.64. The topological polar surface area (TPSA) is 105 Å². The van der Waals surface area contributed by atoms with Gasteiger partial charge in [-0.1, -0.05) is 19.3 Å². The lowest BCUT2D eigenvalue weighted by Crippen LogP contribution is -2.33. The molecule has 0 bridgehead atoms. The van der Waals surface area contributed by atoms with Gasteiger partial charge in [-0.05, 0) is 25.0 Å². The van der Waals surface area contributed by atoms with Gasteiger partial charge in [0.05, 0.1) is 5.92 Å². The van der Waals surface area contributed by atoms with E-state index in [9.17, 15) is 14.7 Å². The number of carbonyl (C=O) groups is 2. The molecule has 0 saturated heterocycles. The lowest BCUT2D eigenvalue weighted by molar-refractivity contribution is -0.142. The smallest absolute Gasteiger partial charge is 0.308 e. The molecule has 2 atom stereocenters. The minimum Gasteiger partial charge on any atom is -0.481 e. The van der Waals surface area contributed by atoms with Gasteiger partial charge in [-0.25, -0.2) is 0 Å². The number of pyridine rings is 1. The van der Waals surface area contributed by atoms with E-state index in [0.29, 0.717) is 12.1 Å². The Kier molecular flexibility index (Phi) is 4.55. The maximum Gasteiger partial charge on any atom is 0.308 e. The molecule has 108 valence electrons. The summed E-state index contributed by atoms with van der Waals surface area (Å²) in [5, 5.41) is 12.5. The standard InChI is InChI=1S/C14H19N3O3/c15-13(18)12-8-9(6-7-16-12)17-11-5-3-1-2-4-10(11)14(19)20/h6-8,10-11H,1-5H2,(H2,15,18)(H,16,17)(H,19,20). The second kappa shape index (κ2) is 6.36. The number of aromatic nitrogens is 1. The molecule has 6 heteroatoms. The number of carboxylic acid groups (broad SMARTS) is 1. The SMILES string of the molecule is NC(=O)c1cc(NC2CCCCCC2C(=O)O)ccn1. The van der Waals surface area contributed by atoms with E-state index in [1.54, 1.807) is 12.1 Å². The highest BCUT2D eigenvalue weighted by molar-refractivity contribution is 5.91. The molecular formula is C14H19N3O3. The Morgan fingerprint density at radius 2 is 2.05 bits per heavy atom. The molecule has 2 rings (SSSR count). The van der Waals surface area contributed by atoms with E-state index in [1.807, 2.05) is 0 Å². The van der Waals surface area contributed by atoms with Gasteiger partial charge in [0.1, 0.15) is 5.69 Å². The number of anilines is 1. The van der Waals surface area contributed by atoms with Crippen molar-refractivity contribution in [2.24, 2.45) is 11.7 Å². The average molecular weight is 277 g/mol. The van der Waals surface area contributed by atoms with Crippen LogP contribution in [0, 0.1) is 5.92 Å². The fourth-order valence-corrected chi connectivity index (χ4v) is 2.65. The predicted molar refractivity (Wildman–Crippen MR) is 74.4 cm³/mol. The maximum atomic E-state index is 11.4. The van der Waals surface area contributed by atoms with Crippen molar-refractivity contribution < 1.29 is 14.7 Å². The second-order valence-corrected chi connectivity index (χ2v) is 5.13. The molecule has 1 saturated carbocycles. The zero-order valence-electron chi connectivity index (χ0n) is 11.2. The quantitative estimate of drug-likeness (QED) is 0.725. The Labute approximate surface area is 117 Å². The van der Waals surface area contributed by atoms with Crippen molar-refractivity contribution in [2.45, 2.75) is 38.1 Å². The number of nitrogens with zero attached hydrogens (tertiary/aromatic N) is 1. The molecule has 0 radical (unpaired) electrons. The number of hydrogen-bond acceptors (Lipinski definition) is 4. The van der Waals surface area contributed by atoms with Crippen LogP contribution in [0.2, 0.25) is 0 Å². The Bertz CT molecular complexity index is 504. The van der Waals surface area contributed by atoms with E-state index in [4.69, 9.17) is 5.73 Å². The van der Waals surface area contributed by atoms with Gasteiger partial charge in [-0.2, -0.15) is 0 Å². The summed E-state index contributed by atoms with van der Waals surface area (Å²) in [6, 6.07) is 3.15. The summed E-state index contributed by atoms with van der Waals surface area (Å²) in [5.74, 6) is -1.76. The molecule has 1 aromatic rings. The summed E-state index contributed by atoms with van der Waals surface area (Å²) < 4.78 is 0. The first-order valence-electron chi connectivity index (χ1n) is 6.83. The summed E-state index contributed by atoms with van der Waals surface area (Å²) in [6.45, 7) is 0. The van der Waals surface area contributed by atoms with Crippen molar-refractivity contribution >= 4 is 17.6 Å². The van der Waals surface area contributed by atoms with Gasteiger partial charge >= 0.3 is 5.97 Å². The van der Waals surface area contributed by atoms with E-state index in [1.165, 1.54) is 6.20 Å². The number of carboxylic acids is 1. The van der Waals surface area contributed by atoms with Crippen LogP contribution in [0.3, 0.4) is 0 Å². The first-order valence-corrected chi connectivity index (χ1v) is 6.83. The van der Waals surface area contributed by atoms with Gasteiger partial charge in [-0.3, -0.25) is 14.6 Å². The molecule has 1 amide bonds. The highest BCUT2D eigenvalue weighted by Crippen LogP contribution is 2.26. The number of aliphatic carboxylic acids is 1. The Balaban J connectivity index is 2.15. The van der Waals surface area contributed by atoms with E-state index in [2.05, 4.69) is 10.3 Å². The monoisotopic (exact) mass is 277 g/mol. The number of nitrogens with one attached hydrogen (secondary N) is 1. The molecule has 1 heterocycles. The molecule has 20 heavy (non-hydrogen) atoms. The Hall–Kier alpha value is -2.11. The molecule has 4 N–H and O–H groups in total. The van der Waals surface area contributed by atoms with Gasteiger partial charge in [0.2, 0.25) is 0 Å². The number of amides is 1. The number of hydrogen-bond donors (Lipinski definition) is 3. The normalized spacial score (nSPS) is 22.8. The van der Waals surface area contributed by atoms with Crippen molar-refractivity contribution in [3.63, 3.8) is 0 Å². The highest BCUT2D eigenvalue weighted by Gasteiger charge is 2.29. The molecule has 1 aliphatic rings. The van der Waals surface area contributed by atoms with E-state index >= 15 is 0 Å². The van der Waals surface area contributed by atoms with Crippen LogP contribution in [0.25, 0.3) is 0 Å². The van der Waals surface area contributed by atoms with Crippen molar-refractivity contribution in [1.29, 1.82) is 0 Å². The van der Waals surface area contributed by atoms with Gasteiger partial charge in [0.25, 0.3) is 5.91 Å². The molecule has 0 spiro atoms. The third-order valence-electron chi connectivity index (χ3n) is 3.70. The van der Waals surface area contributed by atoms with Crippen molar-refractivity contribution in [3.05, 3.63) is 24.0 Å². The third-order valence-corrected chi connectivity index (χ3v) is 3.70. The van der Waals surface area contributed by atoms with Crippen LogP contribution in [0.1, 0.15) is 42.6 Å². The van der Waals surface area contributed by atoms with Crippen LogP contribution in [0.4, 0.5) is 5.69 Å². The number of carbonyl (C=O) groups excluding carboxylic acids is 1. The molecule has 1 fully saturated rings. The summed E-state index contributed by atoms with van der Waals surface area (Å²) in [6.07, 6.45) is 6.00. The van der Waals surface area contributed by atoms with Crippen LogP contribution >= 0.6 is 0 Å². The molecule has 2 unspecified atom stereocenters. The van der Waals surface area contributed by atoms with E-state index in [0.717, 1.165) is 25.7 Å². The summed E-state index contributed by atoms with van der Waals surface area (Å²) in [7, 11) is 0. The predicted octanol–water partition coefficient (Wildman–Crippen LogP) is 1.63. The fourth-order valence-electron chi connectivity index (χ4n) is 2.65. The molecule has 0 aromatic carbocycles. The second-order valence-electron chi connectivity index (χ2n) is 5.13. The minimum absolute atomic E-state index is 0.127. The number of primary amides is 1. The van der Waals surface area contributed by atoms with E-state index in [-0.39, 0.29) is 11.7 Å². The lowest BCUT2D eigenvalue weighted by atomic mass is 9.94. The van der Waals surface area contributed by atoms with Crippen LogP contribution in [0.15, 0.2) is 18.3 Å². The fraction of sp³-hybridized carbons (Fsp3) is 0.500. The van der Waals surface area contributed by atoms with Crippen molar-refractivity contribution in [3.8, 4) is 0 Å². The van der Waals surface area contributed by atoms with E-state index < -0.39 is 17.8 Å². The molecular weight excluding hydrogens is 258 g/mol. The largest absolute Gasteiger partial charge is 0.481 e.